The van der Waals surface area contributed by atoms with E-state index >= 15 is 0 Å². The van der Waals surface area contributed by atoms with Gasteiger partial charge in [0.2, 0.25) is 0 Å². The summed E-state index contributed by atoms with van der Waals surface area (Å²) in [5.41, 5.74) is 9.60. The van der Waals surface area contributed by atoms with Gasteiger partial charge in [0.25, 0.3) is 0 Å². The first-order valence-corrected chi connectivity index (χ1v) is 15.4. The molecule has 1 aliphatic rings. The van der Waals surface area contributed by atoms with Gasteiger partial charge in [0, 0.05) is 43.1 Å². The van der Waals surface area contributed by atoms with E-state index < -0.39 is 0 Å². The van der Waals surface area contributed by atoms with Crippen molar-refractivity contribution in [1.82, 2.24) is 15.5 Å². The van der Waals surface area contributed by atoms with Crippen LogP contribution in [-0.4, -0.2) is 25.5 Å². The average Bonchev–Trinajstić information content (AvgIpc) is 3.00. The normalized spacial score (nSPS) is 15.0. The van der Waals surface area contributed by atoms with Gasteiger partial charge in [0.15, 0.2) is 0 Å². The summed E-state index contributed by atoms with van der Waals surface area (Å²) in [5.74, 6) is 0. The van der Waals surface area contributed by atoms with Crippen molar-refractivity contribution < 1.29 is 0 Å². The Kier molecular flexibility index (Phi) is 14.3. The molecule has 2 aromatic rings. The first-order valence-electron chi connectivity index (χ1n) is 15.4. The summed E-state index contributed by atoms with van der Waals surface area (Å²) in [6.45, 7) is 22.0. The standard InChI is InChI=1S/C19H26N2.C19H29N/c1-8-19(20-6)17(5)21(7)16(4)13-15(3)18-12-10-9-11-14(18)2;1-3-4-11-16-20-17(2)19(14-9-6-10-15-19)18-12-7-5-8-13-18/h8-13,20H,1,3H2,2,4-7H3;5,7-8,12-13,20H,2-4,6,9-11,14-16H2,1H3/b16-13-,19-17+;. The monoisotopic (exact) mass is 553 g/mol. The molecule has 0 aromatic heterocycles. The molecular weight excluding hydrogens is 498 g/mol. The van der Waals surface area contributed by atoms with Crippen LogP contribution in [0.3, 0.4) is 0 Å². The highest BCUT2D eigenvalue weighted by molar-refractivity contribution is 5.74. The van der Waals surface area contributed by atoms with Crippen LogP contribution < -0.4 is 10.6 Å². The lowest BCUT2D eigenvalue weighted by Crippen LogP contribution is -2.37. The largest absolute Gasteiger partial charge is 0.388 e. The Balaban J connectivity index is 0.000000287. The lowest BCUT2D eigenvalue weighted by molar-refractivity contribution is 0.324. The van der Waals surface area contributed by atoms with Gasteiger partial charge in [-0.15, -0.1) is 0 Å². The molecule has 0 atom stereocenters. The number of allylic oxidation sites excluding steroid dienone is 6. The van der Waals surface area contributed by atoms with Gasteiger partial charge in [-0.25, -0.2) is 0 Å². The molecule has 0 aliphatic heterocycles. The third-order valence-electron chi connectivity index (χ3n) is 8.50. The van der Waals surface area contributed by atoms with Crippen molar-refractivity contribution in [1.29, 1.82) is 0 Å². The molecule has 2 N–H and O–H groups in total. The number of benzene rings is 2. The summed E-state index contributed by atoms with van der Waals surface area (Å²) in [4.78, 5) is 2.14. The highest BCUT2D eigenvalue weighted by atomic mass is 15.1. The Morgan fingerprint density at radius 1 is 0.951 bits per heavy atom. The minimum absolute atomic E-state index is 0.172. The van der Waals surface area contributed by atoms with Crippen LogP contribution in [0.2, 0.25) is 0 Å². The van der Waals surface area contributed by atoms with Gasteiger partial charge >= 0.3 is 0 Å². The average molecular weight is 554 g/mol. The van der Waals surface area contributed by atoms with Crippen molar-refractivity contribution in [3.05, 3.63) is 126 Å². The van der Waals surface area contributed by atoms with Gasteiger partial charge in [-0.2, -0.15) is 0 Å². The first-order chi connectivity index (χ1) is 19.7. The molecule has 0 saturated heterocycles. The lowest BCUT2D eigenvalue weighted by Gasteiger charge is -2.40. The molecule has 0 radical (unpaired) electrons. The Hall–Kier alpha value is -3.46. The molecule has 1 fully saturated rings. The Bertz CT molecular complexity index is 1180. The third-order valence-corrected chi connectivity index (χ3v) is 8.50. The SMILES string of the molecule is C=C(NCCCCC)C1(c2ccccc2)CCCCC1.C=C/C(NC)=C(/C)N(C)/C(C)=C\C(=C)c1ccccc1C. The lowest BCUT2D eigenvalue weighted by atomic mass is 9.67. The van der Waals surface area contributed by atoms with Crippen molar-refractivity contribution in [3.8, 4) is 0 Å². The van der Waals surface area contributed by atoms with Gasteiger partial charge in [-0.3, -0.25) is 0 Å². The van der Waals surface area contributed by atoms with E-state index in [4.69, 9.17) is 0 Å². The highest BCUT2D eigenvalue weighted by Crippen LogP contribution is 2.43. The number of unbranched alkanes of at least 4 members (excludes halogenated alkanes) is 2. The number of hydrogen-bond acceptors (Lipinski definition) is 3. The Morgan fingerprint density at radius 2 is 1.59 bits per heavy atom. The minimum atomic E-state index is 0.172. The van der Waals surface area contributed by atoms with Crippen molar-refractivity contribution in [2.24, 2.45) is 0 Å². The molecule has 0 unspecified atom stereocenters. The van der Waals surface area contributed by atoms with E-state index in [2.05, 4.69) is 112 Å². The van der Waals surface area contributed by atoms with E-state index in [1.54, 1.807) is 0 Å². The molecule has 3 heteroatoms. The summed E-state index contributed by atoms with van der Waals surface area (Å²) in [6.07, 6.45) is 14.3. The molecule has 41 heavy (non-hydrogen) atoms. The van der Waals surface area contributed by atoms with Crippen molar-refractivity contribution in [2.75, 3.05) is 20.6 Å². The van der Waals surface area contributed by atoms with E-state index in [9.17, 15) is 0 Å². The topological polar surface area (TPSA) is 27.3 Å². The number of rotatable bonds is 13. The molecule has 3 rings (SSSR count). The molecular formula is C38H55N3. The summed E-state index contributed by atoms with van der Waals surface area (Å²) < 4.78 is 0. The second-order valence-electron chi connectivity index (χ2n) is 11.3. The van der Waals surface area contributed by atoms with Crippen molar-refractivity contribution in [3.63, 3.8) is 0 Å². The summed E-state index contributed by atoms with van der Waals surface area (Å²) in [7, 11) is 3.95. The smallest absolute Gasteiger partial charge is 0.0526 e. The predicted molar refractivity (Wildman–Crippen MR) is 182 cm³/mol. The number of hydrogen-bond donors (Lipinski definition) is 2. The van der Waals surface area contributed by atoms with E-state index in [1.807, 2.05) is 32.3 Å². The predicted octanol–water partition coefficient (Wildman–Crippen LogP) is 9.66. The van der Waals surface area contributed by atoms with E-state index in [1.165, 1.54) is 73.8 Å². The van der Waals surface area contributed by atoms with E-state index in [0.717, 1.165) is 29.2 Å². The van der Waals surface area contributed by atoms with Crippen LogP contribution in [0.1, 0.15) is 88.8 Å². The van der Waals surface area contributed by atoms with Crippen molar-refractivity contribution >= 4 is 5.57 Å². The fourth-order valence-corrected chi connectivity index (χ4v) is 5.70. The van der Waals surface area contributed by atoms with E-state index in [-0.39, 0.29) is 5.41 Å². The zero-order valence-electron chi connectivity index (χ0n) is 26.8. The fraction of sp³-hybridized carbons (Fsp3) is 0.421. The molecule has 0 heterocycles. The Morgan fingerprint density at radius 3 is 2.17 bits per heavy atom. The number of nitrogens with zero attached hydrogens (tertiary/aromatic N) is 1. The van der Waals surface area contributed by atoms with Gasteiger partial charge in [-0.1, -0.05) is 113 Å². The molecule has 3 nitrogen and oxygen atoms in total. The maximum atomic E-state index is 4.41. The number of aryl methyl sites for hydroxylation is 1. The number of nitrogens with one attached hydrogen (secondary N) is 2. The zero-order chi connectivity index (χ0) is 30.3. The van der Waals surface area contributed by atoms with Gasteiger partial charge in [-0.05, 0) is 74.4 Å². The third kappa shape index (κ3) is 9.56. The molecule has 2 aromatic carbocycles. The highest BCUT2D eigenvalue weighted by Gasteiger charge is 2.36. The molecule has 1 aliphatic carbocycles. The van der Waals surface area contributed by atoms with Crippen LogP contribution in [-0.2, 0) is 5.41 Å². The first kappa shape index (κ1) is 33.7. The maximum absolute atomic E-state index is 4.41. The molecule has 222 valence electrons. The Labute approximate surface area is 251 Å². The quantitative estimate of drug-likeness (QED) is 0.191. The molecule has 0 amide bonds. The van der Waals surface area contributed by atoms with Crippen molar-refractivity contribution in [2.45, 2.75) is 84.5 Å². The van der Waals surface area contributed by atoms with E-state index in [0.29, 0.717) is 0 Å². The summed E-state index contributed by atoms with van der Waals surface area (Å²) in [6, 6.07) is 19.3. The second-order valence-corrected chi connectivity index (χ2v) is 11.3. The summed E-state index contributed by atoms with van der Waals surface area (Å²) >= 11 is 0. The minimum Gasteiger partial charge on any atom is -0.388 e. The van der Waals surface area contributed by atoms with Crippen LogP contribution in [0, 0.1) is 6.92 Å². The molecule has 0 bridgehead atoms. The summed E-state index contributed by atoms with van der Waals surface area (Å²) in [5, 5.41) is 6.78. The maximum Gasteiger partial charge on any atom is 0.0526 e. The van der Waals surface area contributed by atoms with Crippen LogP contribution in [0.25, 0.3) is 5.57 Å². The van der Waals surface area contributed by atoms with Gasteiger partial charge in [0.1, 0.15) is 0 Å². The van der Waals surface area contributed by atoms with Crippen LogP contribution in [0.15, 0.2) is 109 Å². The second kappa shape index (κ2) is 17.4. The van der Waals surface area contributed by atoms with Crippen LogP contribution >= 0.6 is 0 Å². The van der Waals surface area contributed by atoms with Gasteiger partial charge < -0.3 is 15.5 Å². The van der Waals surface area contributed by atoms with Gasteiger partial charge in [0.05, 0.1) is 5.70 Å². The number of likely N-dealkylation sites (N-methyl/N-ethyl adjacent to an activating group) is 1. The fourth-order valence-electron chi connectivity index (χ4n) is 5.70. The molecule has 1 saturated carbocycles. The van der Waals surface area contributed by atoms with Crippen LogP contribution in [0.5, 0.6) is 0 Å². The van der Waals surface area contributed by atoms with Crippen LogP contribution in [0.4, 0.5) is 0 Å². The molecule has 0 spiro atoms. The zero-order valence-corrected chi connectivity index (χ0v) is 26.8.